The van der Waals surface area contributed by atoms with Crippen LogP contribution in [0.25, 0.3) is 0 Å². The van der Waals surface area contributed by atoms with E-state index in [0.29, 0.717) is 18.5 Å². The number of urea groups is 1. The molecule has 2 aromatic rings. The Morgan fingerprint density at radius 3 is 2.68 bits per heavy atom. The van der Waals surface area contributed by atoms with Crippen molar-refractivity contribution >= 4 is 6.03 Å². The van der Waals surface area contributed by atoms with Gasteiger partial charge in [0.05, 0.1) is 12.2 Å². The van der Waals surface area contributed by atoms with Crippen LogP contribution < -0.4 is 10.6 Å². The van der Waals surface area contributed by atoms with Crippen molar-refractivity contribution in [2.75, 3.05) is 20.6 Å². The fourth-order valence-electron chi connectivity index (χ4n) is 2.72. The molecule has 7 heteroatoms. The van der Waals surface area contributed by atoms with Crippen molar-refractivity contribution in [3.8, 4) is 0 Å². The van der Waals surface area contributed by atoms with Crippen LogP contribution in [0.2, 0.25) is 0 Å². The molecule has 0 saturated carbocycles. The van der Waals surface area contributed by atoms with E-state index < -0.39 is 0 Å². The van der Waals surface area contributed by atoms with Gasteiger partial charge in [-0.2, -0.15) is 5.10 Å². The number of carbonyl (C=O) groups excluding carboxylic acids is 1. The Hall–Kier alpha value is -2.41. The number of halogens is 1. The van der Waals surface area contributed by atoms with E-state index in [9.17, 15) is 9.18 Å². The van der Waals surface area contributed by atoms with Crippen LogP contribution >= 0.6 is 0 Å². The number of nitrogens with zero attached hydrogens (tertiary/aromatic N) is 3. The average molecular weight is 347 g/mol. The van der Waals surface area contributed by atoms with E-state index in [-0.39, 0.29) is 23.9 Å². The van der Waals surface area contributed by atoms with Crippen LogP contribution in [0.15, 0.2) is 36.7 Å². The van der Waals surface area contributed by atoms with Crippen LogP contribution in [0.5, 0.6) is 0 Å². The lowest BCUT2D eigenvalue weighted by molar-refractivity contribution is 0.230. The Morgan fingerprint density at radius 1 is 1.36 bits per heavy atom. The zero-order valence-corrected chi connectivity index (χ0v) is 15.2. The highest BCUT2D eigenvalue weighted by Gasteiger charge is 2.17. The number of hydrogen-bond acceptors (Lipinski definition) is 3. The van der Waals surface area contributed by atoms with Crippen molar-refractivity contribution in [3.05, 3.63) is 53.6 Å². The first-order chi connectivity index (χ1) is 11.9. The SMILES string of the molecule is CC(Cc1ccccc1F)NC(=O)NCC(c1cnn(C)c1)N(C)C. The first-order valence-electron chi connectivity index (χ1n) is 8.29. The van der Waals surface area contributed by atoms with E-state index in [1.54, 1.807) is 29.1 Å². The van der Waals surface area contributed by atoms with E-state index in [2.05, 4.69) is 15.7 Å². The van der Waals surface area contributed by atoms with Crippen molar-refractivity contribution in [2.45, 2.75) is 25.4 Å². The summed E-state index contributed by atoms with van der Waals surface area (Å²) in [5, 5.41) is 9.91. The molecular formula is C18H26FN5O. The molecule has 1 aromatic carbocycles. The average Bonchev–Trinajstić information content (AvgIpc) is 2.95. The van der Waals surface area contributed by atoms with Gasteiger partial charge in [-0.3, -0.25) is 4.68 Å². The lowest BCUT2D eigenvalue weighted by Crippen LogP contribution is -2.44. The summed E-state index contributed by atoms with van der Waals surface area (Å²) >= 11 is 0. The maximum absolute atomic E-state index is 13.7. The van der Waals surface area contributed by atoms with Crippen LogP contribution in [0.1, 0.15) is 24.1 Å². The molecule has 0 aliphatic carbocycles. The Morgan fingerprint density at radius 2 is 2.08 bits per heavy atom. The monoisotopic (exact) mass is 347 g/mol. The van der Waals surface area contributed by atoms with Crippen LogP contribution in [-0.4, -0.2) is 47.4 Å². The van der Waals surface area contributed by atoms with Gasteiger partial charge < -0.3 is 15.5 Å². The van der Waals surface area contributed by atoms with Crippen molar-refractivity contribution in [1.82, 2.24) is 25.3 Å². The fourth-order valence-corrected chi connectivity index (χ4v) is 2.72. The number of hydrogen-bond donors (Lipinski definition) is 2. The van der Waals surface area contributed by atoms with E-state index >= 15 is 0 Å². The summed E-state index contributed by atoms with van der Waals surface area (Å²) in [5.41, 5.74) is 1.63. The normalized spacial score (nSPS) is 13.5. The third kappa shape index (κ3) is 5.56. The van der Waals surface area contributed by atoms with Crippen molar-refractivity contribution in [3.63, 3.8) is 0 Å². The third-order valence-electron chi connectivity index (χ3n) is 4.05. The second-order valence-corrected chi connectivity index (χ2v) is 6.48. The van der Waals surface area contributed by atoms with Crippen LogP contribution in [0.3, 0.4) is 0 Å². The molecule has 2 atom stereocenters. The summed E-state index contributed by atoms with van der Waals surface area (Å²) in [6.07, 6.45) is 4.18. The van der Waals surface area contributed by atoms with Gasteiger partial charge >= 0.3 is 6.03 Å². The molecule has 25 heavy (non-hydrogen) atoms. The molecule has 2 unspecified atom stereocenters. The second kappa shape index (κ2) is 8.62. The fraction of sp³-hybridized carbons (Fsp3) is 0.444. The molecule has 0 bridgehead atoms. The van der Waals surface area contributed by atoms with Crippen LogP contribution in [-0.2, 0) is 13.5 Å². The number of aromatic nitrogens is 2. The minimum absolute atomic E-state index is 0.0290. The summed E-state index contributed by atoms with van der Waals surface area (Å²) in [7, 11) is 5.77. The van der Waals surface area contributed by atoms with Gasteiger partial charge in [-0.15, -0.1) is 0 Å². The highest BCUT2D eigenvalue weighted by atomic mass is 19.1. The summed E-state index contributed by atoms with van der Waals surface area (Å²) in [4.78, 5) is 14.2. The molecule has 2 N–H and O–H groups in total. The van der Waals surface area contributed by atoms with Crippen molar-refractivity contribution < 1.29 is 9.18 Å². The quantitative estimate of drug-likeness (QED) is 0.806. The molecule has 2 amide bonds. The Labute approximate surface area is 148 Å². The number of aryl methyl sites for hydroxylation is 1. The standard InChI is InChI=1S/C18H26FN5O/c1-13(9-14-7-5-6-8-16(14)19)22-18(25)20-11-17(23(2)3)15-10-21-24(4)12-15/h5-8,10,12-13,17H,9,11H2,1-4H3,(H2,20,22,25). The molecule has 0 radical (unpaired) electrons. The van der Waals surface area contributed by atoms with Gasteiger partial charge in [-0.05, 0) is 39.1 Å². The maximum Gasteiger partial charge on any atom is 0.315 e. The van der Waals surface area contributed by atoms with Gasteiger partial charge in [0, 0.05) is 31.4 Å². The third-order valence-corrected chi connectivity index (χ3v) is 4.05. The van der Waals surface area contributed by atoms with E-state index in [0.717, 1.165) is 5.56 Å². The van der Waals surface area contributed by atoms with Crippen molar-refractivity contribution in [1.29, 1.82) is 0 Å². The Bertz CT molecular complexity index is 700. The van der Waals surface area contributed by atoms with Gasteiger partial charge in [0.15, 0.2) is 0 Å². The molecule has 0 aliphatic heterocycles. The molecule has 0 saturated heterocycles. The summed E-state index contributed by atoms with van der Waals surface area (Å²) in [5.74, 6) is -0.249. The summed E-state index contributed by atoms with van der Waals surface area (Å²) in [6.45, 7) is 2.31. The van der Waals surface area contributed by atoms with E-state index in [1.807, 2.05) is 39.2 Å². The van der Waals surface area contributed by atoms with Gasteiger partial charge in [0.2, 0.25) is 0 Å². The minimum Gasteiger partial charge on any atom is -0.336 e. The maximum atomic E-state index is 13.7. The first kappa shape index (κ1) is 18.9. The number of nitrogens with one attached hydrogen (secondary N) is 2. The number of likely N-dealkylation sites (N-methyl/N-ethyl adjacent to an activating group) is 1. The molecule has 0 fully saturated rings. The largest absolute Gasteiger partial charge is 0.336 e. The van der Waals surface area contributed by atoms with Gasteiger partial charge in [0.25, 0.3) is 0 Å². The van der Waals surface area contributed by atoms with E-state index in [1.165, 1.54) is 6.07 Å². The van der Waals surface area contributed by atoms with Crippen molar-refractivity contribution in [2.24, 2.45) is 7.05 Å². The molecule has 136 valence electrons. The summed E-state index contributed by atoms with van der Waals surface area (Å²) in [6, 6.07) is 6.20. The number of benzene rings is 1. The zero-order valence-electron chi connectivity index (χ0n) is 15.2. The molecule has 1 heterocycles. The predicted octanol–water partition coefficient (Wildman–Crippen LogP) is 2.09. The Kier molecular flexibility index (Phi) is 6.52. The molecule has 2 rings (SSSR count). The van der Waals surface area contributed by atoms with Crippen LogP contribution in [0.4, 0.5) is 9.18 Å². The van der Waals surface area contributed by atoms with Gasteiger partial charge in [-0.1, -0.05) is 18.2 Å². The zero-order chi connectivity index (χ0) is 18.4. The number of amides is 2. The topological polar surface area (TPSA) is 62.2 Å². The second-order valence-electron chi connectivity index (χ2n) is 6.48. The molecule has 0 spiro atoms. The first-order valence-corrected chi connectivity index (χ1v) is 8.29. The summed E-state index contributed by atoms with van der Waals surface area (Å²) < 4.78 is 15.4. The molecule has 0 aliphatic rings. The Balaban J connectivity index is 1.85. The lowest BCUT2D eigenvalue weighted by Gasteiger charge is -2.24. The highest BCUT2D eigenvalue weighted by molar-refractivity contribution is 5.74. The molecule has 1 aromatic heterocycles. The smallest absolute Gasteiger partial charge is 0.315 e. The van der Waals surface area contributed by atoms with E-state index in [4.69, 9.17) is 0 Å². The highest BCUT2D eigenvalue weighted by Crippen LogP contribution is 2.16. The minimum atomic E-state index is -0.264. The molecular weight excluding hydrogens is 321 g/mol. The van der Waals surface area contributed by atoms with Gasteiger partial charge in [0.1, 0.15) is 5.82 Å². The lowest BCUT2D eigenvalue weighted by atomic mass is 10.1. The van der Waals surface area contributed by atoms with Gasteiger partial charge in [-0.25, -0.2) is 9.18 Å². The van der Waals surface area contributed by atoms with Crippen LogP contribution in [0, 0.1) is 5.82 Å². The predicted molar refractivity (Wildman–Crippen MR) is 95.7 cm³/mol. The number of rotatable bonds is 7. The molecule has 6 nitrogen and oxygen atoms in total. The number of carbonyl (C=O) groups is 1.